The Kier molecular flexibility index (Phi) is 3.30. The van der Waals surface area contributed by atoms with E-state index in [-0.39, 0.29) is 5.91 Å². The van der Waals surface area contributed by atoms with Crippen molar-refractivity contribution in [3.63, 3.8) is 0 Å². The minimum absolute atomic E-state index is 0.0723. The number of carbonyl (C=O) groups is 1. The molecule has 1 saturated heterocycles. The lowest BCUT2D eigenvalue weighted by Crippen LogP contribution is -2.42. The van der Waals surface area contributed by atoms with Gasteiger partial charge < -0.3 is 10.6 Å². The van der Waals surface area contributed by atoms with Crippen LogP contribution in [0, 0.1) is 0 Å². The van der Waals surface area contributed by atoms with Gasteiger partial charge in [0.1, 0.15) is 0 Å². The maximum atomic E-state index is 12.2. The lowest BCUT2D eigenvalue weighted by atomic mass is 10.1. The summed E-state index contributed by atoms with van der Waals surface area (Å²) in [6.07, 6.45) is 2.05. The number of hydrogen-bond acceptors (Lipinski definition) is 3. The predicted molar refractivity (Wildman–Crippen MR) is 75.2 cm³/mol. The fourth-order valence-electron chi connectivity index (χ4n) is 2.32. The zero-order valence-electron chi connectivity index (χ0n) is 10.1. The molecule has 2 aromatic rings. The number of benzene rings is 1. The molecule has 1 aliphatic heterocycles. The average Bonchev–Trinajstić information content (AvgIpc) is 2.84. The molecule has 0 spiro atoms. The number of thiophene rings is 1. The molecule has 2 N–H and O–H groups in total. The zero-order chi connectivity index (χ0) is 12.4. The normalized spacial score (nSPS) is 16.9. The first kappa shape index (κ1) is 11.7. The van der Waals surface area contributed by atoms with Crippen molar-refractivity contribution in [2.45, 2.75) is 18.9 Å². The van der Waals surface area contributed by atoms with Crippen molar-refractivity contribution in [3.8, 4) is 0 Å². The molecule has 0 bridgehead atoms. The van der Waals surface area contributed by atoms with Crippen LogP contribution in [0.25, 0.3) is 10.1 Å². The van der Waals surface area contributed by atoms with Crippen molar-refractivity contribution in [1.29, 1.82) is 0 Å². The Labute approximate surface area is 110 Å². The fourth-order valence-corrected chi connectivity index (χ4v) is 3.28. The summed E-state index contributed by atoms with van der Waals surface area (Å²) < 4.78 is 1.17. The van der Waals surface area contributed by atoms with Gasteiger partial charge in [0.05, 0.1) is 4.88 Å². The van der Waals surface area contributed by atoms with Crippen LogP contribution in [0.3, 0.4) is 0 Å². The van der Waals surface area contributed by atoms with Crippen LogP contribution in [0.15, 0.2) is 30.3 Å². The molecular formula is C14H16N2OS. The van der Waals surface area contributed by atoms with E-state index in [1.54, 1.807) is 11.3 Å². The highest BCUT2D eigenvalue weighted by Gasteiger charge is 2.17. The molecule has 0 unspecified atom stereocenters. The SMILES string of the molecule is O=C(NC1CCNCC1)c1cc2ccccc2s1. The zero-order valence-corrected chi connectivity index (χ0v) is 10.9. The standard InChI is InChI=1S/C14H16N2OS/c17-14(16-11-5-7-15-8-6-11)13-9-10-3-1-2-4-12(10)18-13/h1-4,9,11,15H,5-8H2,(H,16,17). The van der Waals surface area contributed by atoms with Gasteiger partial charge >= 0.3 is 0 Å². The van der Waals surface area contributed by atoms with Crippen molar-refractivity contribution in [2.24, 2.45) is 0 Å². The van der Waals surface area contributed by atoms with Gasteiger partial charge in [-0.25, -0.2) is 0 Å². The molecule has 0 aliphatic carbocycles. The van der Waals surface area contributed by atoms with Gasteiger partial charge in [-0.2, -0.15) is 0 Å². The number of nitrogens with one attached hydrogen (secondary N) is 2. The quantitative estimate of drug-likeness (QED) is 0.870. The number of amides is 1. The lowest BCUT2D eigenvalue weighted by Gasteiger charge is -2.23. The highest BCUT2D eigenvalue weighted by Crippen LogP contribution is 2.25. The summed E-state index contributed by atoms with van der Waals surface area (Å²) in [6.45, 7) is 1.99. The van der Waals surface area contributed by atoms with Gasteiger partial charge in [-0.3, -0.25) is 4.79 Å². The molecule has 1 fully saturated rings. The van der Waals surface area contributed by atoms with E-state index >= 15 is 0 Å². The molecule has 2 heterocycles. The fraction of sp³-hybridized carbons (Fsp3) is 0.357. The third-order valence-corrected chi connectivity index (χ3v) is 4.44. The number of piperidine rings is 1. The van der Waals surface area contributed by atoms with Crippen molar-refractivity contribution >= 4 is 27.3 Å². The molecule has 0 saturated carbocycles. The van der Waals surface area contributed by atoms with Crippen LogP contribution in [0.5, 0.6) is 0 Å². The van der Waals surface area contributed by atoms with Crippen LogP contribution < -0.4 is 10.6 Å². The second-order valence-corrected chi connectivity index (χ2v) is 5.73. The van der Waals surface area contributed by atoms with E-state index < -0.39 is 0 Å². The van der Waals surface area contributed by atoms with E-state index in [4.69, 9.17) is 0 Å². The second-order valence-electron chi connectivity index (χ2n) is 4.65. The molecule has 18 heavy (non-hydrogen) atoms. The van der Waals surface area contributed by atoms with E-state index in [1.165, 1.54) is 4.70 Å². The lowest BCUT2D eigenvalue weighted by molar-refractivity contribution is 0.0934. The molecule has 4 heteroatoms. The van der Waals surface area contributed by atoms with Crippen LogP contribution in [-0.2, 0) is 0 Å². The van der Waals surface area contributed by atoms with Crippen LogP contribution >= 0.6 is 11.3 Å². The van der Waals surface area contributed by atoms with Gasteiger partial charge in [-0.15, -0.1) is 11.3 Å². The molecule has 1 amide bonds. The van der Waals surface area contributed by atoms with Crippen LogP contribution in [0.4, 0.5) is 0 Å². The first-order valence-electron chi connectivity index (χ1n) is 6.33. The predicted octanol–water partition coefficient (Wildman–Crippen LogP) is 2.38. The summed E-state index contributed by atoms with van der Waals surface area (Å²) in [5, 5.41) is 7.58. The van der Waals surface area contributed by atoms with Crippen molar-refractivity contribution < 1.29 is 4.79 Å². The Morgan fingerprint density at radius 2 is 2.06 bits per heavy atom. The largest absolute Gasteiger partial charge is 0.349 e. The smallest absolute Gasteiger partial charge is 0.261 e. The van der Waals surface area contributed by atoms with Gasteiger partial charge in [-0.05, 0) is 43.5 Å². The van der Waals surface area contributed by atoms with E-state index in [1.807, 2.05) is 24.3 Å². The maximum absolute atomic E-state index is 12.2. The van der Waals surface area contributed by atoms with E-state index in [9.17, 15) is 4.79 Å². The number of carbonyl (C=O) groups excluding carboxylic acids is 1. The Hall–Kier alpha value is -1.39. The minimum atomic E-state index is 0.0723. The van der Waals surface area contributed by atoms with Gasteiger partial charge in [-0.1, -0.05) is 18.2 Å². The summed E-state index contributed by atoms with van der Waals surface area (Å²) in [5.74, 6) is 0.0723. The monoisotopic (exact) mass is 260 g/mol. The van der Waals surface area contributed by atoms with Crippen molar-refractivity contribution in [2.75, 3.05) is 13.1 Å². The topological polar surface area (TPSA) is 41.1 Å². The molecule has 3 nitrogen and oxygen atoms in total. The van der Waals surface area contributed by atoms with E-state index in [0.717, 1.165) is 36.2 Å². The van der Waals surface area contributed by atoms with Crippen molar-refractivity contribution in [1.82, 2.24) is 10.6 Å². The van der Waals surface area contributed by atoms with Gasteiger partial charge in [0, 0.05) is 10.7 Å². The molecule has 1 aromatic carbocycles. The summed E-state index contributed by atoms with van der Waals surface area (Å²) in [7, 11) is 0. The summed E-state index contributed by atoms with van der Waals surface area (Å²) in [5.41, 5.74) is 0. The van der Waals surface area contributed by atoms with E-state index in [0.29, 0.717) is 6.04 Å². The summed E-state index contributed by atoms with van der Waals surface area (Å²) in [4.78, 5) is 13.0. The first-order valence-corrected chi connectivity index (χ1v) is 7.15. The molecule has 1 aliphatic rings. The van der Waals surface area contributed by atoms with Gasteiger partial charge in [0.25, 0.3) is 5.91 Å². The molecule has 3 rings (SSSR count). The van der Waals surface area contributed by atoms with Crippen LogP contribution in [0.1, 0.15) is 22.5 Å². The number of hydrogen-bond donors (Lipinski definition) is 2. The molecule has 0 atom stereocenters. The van der Waals surface area contributed by atoms with E-state index in [2.05, 4.69) is 16.7 Å². The second kappa shape index (κ2) is 5.08. The highest BCUT2D eigenvalue weighted by atomic mass is 32.1. The third-order valence-electron chi connectivity index (χ3n) is 3.32. The first-order chi connectivity index (χ1) is 8.83. The maximum Gasteiger partial charge on any atom is 0.261 e. The summed E-state index contributed by atoms with van der Waals surface area (Å²) >= 11 is 1.57. The van der Waals surface area contributed by atoms with Crippen molar-refractivity contribution in [3.05, 3.63) is 35.2 Å². The molecule has 1 aromatic heterocycles. The molecule has 94 valence electrons. The van der Waals surface area contributed by atoms with Gasteiger partial charge in [0.2, 0.25) is 0 Å². The summed E-state index contributed by atoms with van der Waals surface area (Å²) in [6, 6.07) is 10.4. The highest BCUT2D eigenvalue weighted by molar-refractivity contribution is 7.20. The van der Waals surface area contributed by atoms with Crippen LogP contribution in [-0.4, -0.2) is 25.0 Å². The number of fused-ring (bicyclic) bond motifs is 1. The minimum Gasteiger partial charge on any atom is -0.349 e. The molecular weight excluding hydrogens is 244 g/mol. The number of rotatable bonds is 2. The average molecular weight is 260 g/mol. The Bertz CT molecular complexity index is 525. The van der Waals surface area contributed by atoms with Crippen LogP contribution in [0.2, 0.25) is 0 Å². The third kappa shape index (κ3) is 2.40. The van der Waals surface area contributed by atoms with Gasteiger partial charge in [0.15, 0.2) is 0 Å². The molecule has 0 radical (unpaired) electrons. The Morgan fingerprint density at radius 1 is 1.28 bits per heavy atom. The Morgan fingerprint density at radius 3 is 2.83 bits per heavy atom. The Balaban J connectivity index is 1.74.